The van der Waals surface area contributed by atoms with Gasteiger partial charge in [-0.1, -0.05) is 27.7 Å². The highest BCUT2D eigenvalue weighted by atomic mass is 16.7. The molecule has 0 aromatic heterocycles. The lowest BCUT2D eigenvalue weighted by Gasteiger charge is -2.52. The molecule has 1 saturated carbocycles. The Morgan fingerprint density at radius 2 is 1.58 bits per heavy atom. The van der Waals surface area contributed by atoms with Crippen LogP contribution in [0.25, 0.3) is 0 Å². The van der Waals surface area contributed by atoms with Gasteiger partial charge in [-0.15, -0.1) is 0 Å². The molecule has 0 spiro atoms. The van der Waals surface area contributed by atoms with Crippen molar-refractivity contribution in [1.29, 1.82) is 0 Å². The maximum absolute atomic E-state index is 13.2. The molecule has 0 radical (unpaired) electrons. The van der Waals surface area contributed by atoms with Gasteiger partial charge in [0.25, 0.3) is 0 Å². The highest BCUT2D eigenvalue weighted by Gasteiger charge is 2.60. The van der Waals surface area contributed by atoms with Gasteiger partial charge >= 0.3 is 5.97 Å². The Morgan fingerprint density at radius 1 is 0.947 bits per heavy atom. The fourth-order valence-electron chi connectivity index (χ4n) is 6.63. The Bertz CT molecular complexity index is 801. The quantitative estimate of drug-likeness (QED) is 0.309. The van der Waals surface area contributed by atoms with Gasteiger partial charge in [0.1, 0.15) is 29.3 Å². The van der Waals surface area contributed by atoms with Crippen LogP contribution in [-0.2, 0) is 23.7 Å². The number of hydrogen-bond acceptors (Lipinski definition) is 10. The molecule has 2 saturated heterocycles. The summed E-state index contributed by atoms with van der Waals surface area (Å²) in [4.78, 5) is 13.2. The summed E-state index contributed by atoms with van der Waals surface area (Å²) in [6, 6.07) is 0. The molecule has 1 aliphatic carbocycles. The van der Waals surface area contributed by atoms with Gasteiger partial charge < -0.3 is 44.5 Å². The van der Waals surface area contributed by atoms with E-state index in [1.54, 1.807) is 20.8 Å². The number of carbonyl (C=O) groups is 1. The molecule has 10 nitrogen and oxygen atoms in total. The standard InChI is InChI=1S/C28H50O10/c1-9-17-16(30)11-15(4)21(35-17)19-13(2)10-14(3)22(20(19)31)37-25-24(33)28(8,23(32)18(12-29)36-25)26(34)38-27(5,6)7/h13-25,29-33H,9-12H2,1-8H3. The van der Waals surface area contributed by atoms with Crippen LogP contribution in [0.2, 0.25) is 0 Å². The third kappa shape index (κ3) is 6.07. The monoisotopic (exact) mass is 546 g/mol. The van der Waals surface area contributed by atoms with E-state index in [1.807, 2.05) is 20.8 Å². The van der Waals surface area contributed by atoms with Crippen molar-refractivity contribution < 1.29 is 49.3 Å². The van der Waals surface area contributed by atoms with Gasteiger partial charge in [-0.25, -0.2) is 0 Å². The highest BCUT2D eigenvalue weighted by molar-refractivity contribution is 5.78. The summed E-state index contributed by atoms with van der Waals surface area (Å²) in [5.74, 6) is -1.12. The third-order valence-electron chi connectivity index (χ3n) is 8.87. The van der Waals surface area contributed by atoms with E-state index in [-0.39, 0.29) is 35.9 Å². The first-order valence-electron chi connectivity index (χ1n) is 14.1. The largest absolute Gasteiger partial charge is 0.459 e. The molecule has 3 fully saturated rings. The lowest BCUT2D eigenvalue weighted by Crippen LogP contribution is -2.67. The first-order valence-corrected chi connectivity index (χ1v) is 14.1. The van der Waals surface area contributed by atoms with Crippen molar-refractivity contribution in [1.82, 2.24) is 0 Å². The molecule has 0 amide bonds. The average molecular weight is 547 g/mol. The van der Waals surface area contributed by atoms with Gasteiger partial charge in [-0.05, 0) is 64.7 Å². The highest BCUT2D eigenvalue weighted by Crippen LogP contribution is 2.46. The molecule has 3 rings (SSSR count). The van der Waals surface area contributed by atoms with Crippen LogP contribution in [0.15, 0.2) is 0 Å². The zero-order valence-electron chi connectivity index (χ0n) is 24.1. The molecule has 10 heteroatoms. The normalized spacial score (nSPS) is 48.5. The van der Waals surface area contributed by atoms with Crippen molar-refractivity contribution in [3.63, 3.8) is 0 Å². The van der Waals surface area contributed by atoms with Crippen molar-refractivity contribution in [2.45, 2.75) is 135 Å². The van der Waals surface area contributed by atoms with Gasteiger partial charge in [0.05, 0.1) is 37.1 Å². The maximum atomic E-state index is 13.2. The fourth-order valence-corrected chi connectivity index (χ4v) is 6.63. The minimum absolute atomic E-state index is 0.0184. The van der Waals surface area contributed by atoms with Crippen LogP contribution >= 0.6 is 0 Å². The third-order valence-corrected chi connectivity index (χ3v) is 8.87. The molecule has 0 aromatic carbocycles. The van der Waals surface area contributed by atoms with E-state index in [4.69, 9.17) is 18.9 Å². The van der Waals surface area contributed by atoms with E-state index in [0.717, 1.165) is 6.42 Å². The van der Waals surface area contributed by atoms with E-state index in [2.05, 4.69) is 6.92 Å². The van der Waals surface area contributed by atoms with E-state index >= 15 is 0 Å². The second kappa shape index (κ2) is 11.9. The predicted molar refractivity (Wildman–Crippen MR) is 138 cm³/mol. The van der Waals surface area contributed by atoms with Gasteiger partial charge in [-0.3, -0.25) is 4.79 Å². The molecule has 14 atom stereocenters. The maximum Gasteiger partial charge on any atom is 0.317 e. The zero-order valence-corrected chi connectivity index (χ0v) is 24.1. The van der Waals surface area contributed by atoms with E-state index < -0.39 is 66.5 Å². The smallest absolute Gasteiger partial charge is 0.317 e. The van der Waals surface area contributed by atoms with Crippen molar-refractivity contribution in [3.05, 3.63) is 0 Å². The van der Waals surface area contributed by atoms with Gasteiger partial charge in [-0.2, -0.15) is 0 Å². The second-order valence-electron chi connectivity index (χ2n) is 13.1. The summed E-state index contributed by atoms with van der Waals surface area (Å²) in [7, 11) is 0. The number of esters is 1. The summed E-state index contributed by atoms with van der Waals surface area (Å²) in [5, 5.41) is 54.2. The van der Waals surface area contributed by atoms with Crippen LogP contribution in [0.5, 0.6) is 0 Å². The molecular weight excluding hydrogens is 496 g/mol. The van der Waals surface area contributed by atoms with Crippen molar-refractivity contribution in [2.24, 2.45) is 29.1 Å². The molecule has 14 unspecified atom stereocenters. The fraction of sp³-hybridized carbons (Fsp3) is 0.964. The van der Waals surface area contributed by atoms with Gasteiger partial charge in [0.15, 0.2) is 6.29 Å². The summed E-state index contributed by atoms with van der Waals surface area (Å²) < 4.78 is 23.8. The molecular formula is C28H50O10. The molecule has 0 aromatic rings. The summed E-state index contributed by atoms with van der Waals surface area (Å²) in [6.07, 6.45) is -6.72. The van der Waals surface area contributed by atoms with Crippen molar-refractivity contribution >= 4 is 5.97 Å². The Balaban J connectivity index is 1.86. The molecule has 2 aliphatic heterocycles. The number of aliphatic hydroxyl groups is 5. The molecule has 38 heavy (non-hydrogen) atoms. The number of aliphatic hydroxyl groups excluding tert-OH is 5. The summed E-state index contributed by atoms with van der Waals surface area (Å²) >= 11 is 0. The van der Waals surface area contributed by atoms with Crippen LogP contribution in [0.3, 0.4) is 0 Å². The first kappa shape index (κ1) is 31.7. The van der Waals surface area contributed by atoms with E-state index in [0.29, 0.717) is 12.8 Å². The van der Waals surface area contributed by atoms with E-state index in [9.17, 15) is 30.3 Å². The van der Waals surface area contributed by atoms with Crippen LogP contribution in [0, 0.1) is 29.1 Å². The summed E-state index contributed by atoms with van der Waals surface area (Å²) in [5.41, 5.74) is -2.72. The molecule has 222 valence electrons. The number of rotatable bonds is 6. The Morgan fingerprint density at radius 3 is 2.13 bits per heavy atom. The molecule has 3 aliphatic rings. The van der Waals surface area contributed by atoms with Gasteiger partial charge in [0, 0.05) is 5.92 Å². The van der Waals surface area contributed by atoms with Crippen LogP contribution in [0.1, 0.15) is 74.7 Å². The van der Waals surface area contributed by atoms with Gasteiger partial charge in [0.2, 0.25) is 0 Å². The Hall–Kier alpha value is -0.850. The number of carbonyl (C=O) groups excluding carboxylic acids is 1. The average Bonchev–Trinajstić information content (AvgIpc) is 2.81. The topological polar surface area (TPSA) is 155 Å². The molecule has 5 N–H and O–H groups in total. The van der Waals surface area contributed by atoms with Crippen molar-refractivity contribution in [3.8, 4) is 0 Å². The zero-order chi connectivity index (χ0) is 28.7. The van der Waals surface area contributed by atoms with Crippen LogP contribution < -0.4 is 0 Å². The van der Waals surface area contributed by atoms with Crippen LogP contribution in [-0.4, -0.2) is 98.8 Å². The Labute approximate surface area is 226 Å². The number of hydrogen-bond donors (Lipinski definition) is 5. The van der Waals surface area contributed by atoms with Crippen LogP contribution in [0.4, 0.5) is 0 Å². The second-order valence-corrected chi connectivity index (χ2v) is 13.1. The Kier molecular flexibility index (Phi) is 9.96. The SMILES string of the molecule is CCC1OC(C2C(C)CC(C)C(OC3OC(CO)C(O)C(C)(C(=O)OC(C)(C)C)C3O)C2O)C(C)CC1O. The summed E-state index contributed by atoms with van der Waals surface area (Å²) in [6.45, 7) is 13.8. The van der Waals surface area contributed by atoms with E-state index in [1.165, 1.54) is 6.92 Å². The lowest BCUT2D eigenvalue weighted by atomic mass is 9.66. The minimum atomic E-state index is -1.84. The minimum Gasteiger partial charge on any atom is -0.459 e. The first-order chi connectivity index (χ1) is 17.6. The molecule has 2 heterocycles. The van der Waals surface area contributed by atoms with Crippen molar-refractivity contribution in [2.75, 3.05) is 6.61 Å². The predicted octanol–water partition coefficient (Wildman–Crippen LogP) is 1.38. The molecule has 0 bridgehead atoms. The lowest BCUT2D eigenvalue weighted by molar-refractivity contribution is -0.336. The number of ether oxygens (including phenoxy) is 4.